The number of hydrogen-bond acceptors (Lipinski definition) is 3. The SMILES string of the molecule is O=C([C@@H]1C[C@H]2C=C[C@H]1C2)N1CCC[C@H](c2nccs2)C1. The van der Waals surface area contributed by atoms with Crippen molar-refractivity contribution in [3.05, 3.63) is 28.7 Å². The molecule has 0 spiro atoms. The van der Waals surface area contributed by atoms with Crippen molar-refractivity contribution in [2.45, 2.75) is 31.6 Å². The number of carbonyl (C=O) groups excluding carboxylic acids is 1. The first-order valence-electron chi connectivity index (χ1n) is 7.68. The van der Waals surface area contributed by atoms with Crippen LogP contribution in [0, 0.1) is 17.8 Å². The van der Waals surface area contributed by atoms with Crippen LogP contribution < -0.4 is 0 Å². The standard InChI is InChI=1S/C16H20N2OS/c19-16(14-9-11-3-4-12(14)8-11)18-6-1-2-13(10-18)15-17-5-7-20-15/h3-5,7,11-14H,1-2,6,8-10H2/t11-,12-,13-,14+/m0/s1. The summed E-state index contributed by atoms with van der Waals surface area (Å²) in [5.74, 6) is 2.33. The highest BCUT2D eigenvalue weighted by Crippen LogP contribution is 2.44. The first kappa shape index (κ1) is 12.6. The Balaban J connectivity index is 1.46. The molecule has 1 aliphatic heterocycles. The van der Waals surface area contributed by atoms with E-state index in [1.807, 2.05) is 11.6 Å². The Kier molecular flexibility index (Phi) is 3.14. The molecule has 0 unspecified atom stereocenters. The smallest absolute Gasteiger partial charge is 0.226 e. The van der Waals surface area contributed by atoms with Gasteiger partial charge in [-0.3, -0.25) is 4.79 Å². The van der Waals surface area contributed by atoms with Crippen LogP contribution in [-0.4, -0.2) is 28.9 Å². The molecule has 1 saturated carbocycles. The largest absolute Gasteiger partial charge is 0.342 e. The minimum absolute atomic E-state index is 0.264. The summed E-state index contributed by atoms with van der Waals surface area (Å²) in [6.07, 6.45) is 11.0. The van der Waals surface area contributed by atoms with Gasteiger partial charge in [-0.05, 0) is 37.5 Å². The zero-order valence-corrected chi connectivity index (χ0v) is 12.4. The van der Waals surface area contributed by atoms with Crippen LogP contribution in [0.1, 0.15) is 36.6 Å². The number of thiazole rings is 1. The Hall–Kier alpha value is -1.16. The third-order valence-electron chi connectivity index (χ3n) is 5.13. The van der Waals surface area contributed by atoms with Gasteiger partial charge >= 0.3 is 0 Å². The zero-order chi connectivity index (χ0) is 13.5. The maximum absolute atomic E-state index is 12.8. The lowest BCUT2D eigenvalue weighted by atomic mass is 9.90. The fourth-order valence-corrected chi connectivity index (χ4v) is 4.88. The van der Waals surface area contributed by atoms with Crippen LogP contribution in [0.15, 0.2) is 23.7 Å². The lowest BCUT2D eigenvalue weighted by molar-refractivity contribution is -0.137. The molecule has 2 heterocycles. The molecule has 20 heavy (non-hydrogen) atoms. The second-order valence-corrected chi connectivity index (χ2v) is 7.31. The van der Waals surface area contributed by atoms with E-state index in [-0.39, 0.29) is 5.92 Å². The van der Waals surface area contributed by atoms with Crippen LogP contribution in [0.25, 0.3) is 0 Å². The van der Waals surface area contributed by atoms with Gasteiger partial charge in [0, 0.05) is 36.5 Å². The number of likely N-dealkylation sites (tertiary alicyclic amines) is 1. The van der Waals surface area contributed by atoms with Gasteiger partial charge in [-0.2, -0.15) is 0 Å². The molecule has 1 aromatic heterocycles. The number of nitrogens with zero attached hydrogens (tertiary/aromatic N) is 2. The first-order valence-corrected chi connectivity index (χ1v) is 8.55. The topological polar surface area (TPSA) is 33.2 Å². The van der Waals surface area contributed by atoms with Gasteiger partial charge in [0.15, 0.2) is 0 Å². The molecule has 2 fully saturated rings. The lowest BCUT2D eigenvalue weighted by Gasteiger charge is -2.34. The van der Waals surface area contributed by atoms with Gasteiger partial charge < -0.3 is 4.90 Å². The Morgan fingerprint density at radius 3 is 3.00 bits per heavy atom. The minimum Gasteiger partial charge on any atom is -0.342 e. The summed E-state index contributed by atoms with van der Waals surface area (Å²) >= 11 is 1.73. The number of rotatable bonds is 2. The fourth-order valence-electron chi connectivity index (χ4n) is 4.11. The van der Waals surface area contributed by atoms with Crippen LogP contribution >= 0.6 is 11.3 Å². The Bertz CT molecular complexity index is 525. The molecular weight excluding hydrogens is 268 g/mol. The quantitative estimate of drug-likeness (QED) is 0.784. The van der Waals surface area contributed by atoms with Crippen LogP contribution in [0.4, 0.5) is 0 Å². The summed E-state index contributed by atoms with van der Waals surface area (Å²) in [6.45, 7) is 1.82. The number of fused-ring (bicyclic) bond motifs is 2. The normalized spacial score (nSPS) is 35.7. The summed E-state index contributed by atoms with van der Waals surface area (Å²) in [5.41, 5.74) is 0. The molecule has 0 aromatic carbocycles. The van der Waals surface area contributed by atoms with Crippen LogP contribution in [-0.2, 0) is 4.79 Å². The molecule has 0 radical (unpaired) electrons. The second-order valence-electron chi connectivity index (χ2n) is 6.38. The van der Waals surface area contributed by atoms with Crippen molar-refractivity contribution < 1.29 is 4.79 Å². The van der Waals surface area contributed by atoms with Crippen molar-refractivity contribution in [1.29, 1.82) is 0 Å². The van der Waals surface area contributed by atoms with Crippen LogP contribution in [0.3, 0.4) is 0 Å². The average molecular weight is 288 g/mol. The molecule has 106 valence electrons. The summed E-state index contributed by atoms with van der Waals surface area (Å²) in [5, 5.41) is 3.24. The molecule has 1 aromatic rings. The summed E-state index contributed by atoms with van der Waals surface area (Å²) in [7, 11) is 0. The molecule has 1 amide bonds. The monoisotopic (exact) mass is 288 g/mol. The van der Waals surface area contributed by atoms with Crippen molar-refractivity contribution >= 4 is 17.2 Å². The van der Waals surface area contributed by atoms with Gasteiger partial charge in [0.2, 0.25) is 5.91 Å². The van der Waals surface area contributed by atoms with Gasteiger partial charge in [0.25, 0.3) is 0 Å². The van der Waals surface area contributed by atoms with E-state index in [4.69, 9.17) is 0 Å². The average Bonchev–Trinajstić information content (AvgIpc) is 3.23. The van der Waals surface area contributed by atoms with E-state index in [9.17, 15) is 4.79 Å². The van der Waals surface area contributed by atoms with E-state index in [1.54, 1.807) is 11.3 Å². The number of carbonyl (C=O) groups is 1. The van der Waals surface area contributed by atoms with Crippen LogP contribution in [0.2, 0.25) is 0 Å². The van der Waals surface area contributed by atoms with Crippen molar-refractivity contribution in [3.8, 4) is 0 Å². The van der Waals surface area contributed by atoms with Crippen LogP contribution in [0.5, 0.6) is 0 Å². The maximum atomic E-state index is 12.8. The van der Waals surface area contributed by atoms with Gasteiger partial charge in [-0.1, -0.05) is 12.2 Å². The summed E-state index contributed by atoms with van der Waals surface area (Å²) in [4.78, 5) is 19.3. The fraction of sp³-hybridized carbons (Fsp3) is 0.625. The molecular formula is C16H20N2OS. The van der Waals surface area contributed by atoms with Gasteiger partial charge in [0.05, 0.1) is 5.01 Å². The highest BCUT2D eigenvalue weighted by molar-refractivity contribution is 7.09. The third kappa shape index (κ3) is 2.10. The summed E-state index contributed by atoms with van der Waals surface area (Å²) < 4.78 is 0. The number of amides is 1. The minimum atomic E-state index is 0.264. The molecule has 4 atom stereocenters. The van der Waals surface area contributed by atoms with E-state index in [0.717, 1.165) is 25.9 Å². The summed E-state index contributed by atoms with van der Waals surface area (Å²) in [6, 6.07) is 0. The number of hydrogen-bond donors (Lipinski definition) is 0. The molecule has 2 aliphatic carbocycles. The first-order chi connectivity index (χ1) is 9.81. The highest BCUT2D eigenvalue weighted by atomic mass is 32.1. The predicted octanol–water partition coefficient (Wildman–Crippen LogP) is 3.06. The van der Waals surface area contributed by atoms with E-state index in [0.29, 0.717) is 23.7 Å². The lowest BCUT2D eigenvalue weighted by Crippen LogP contribution is -2.43. The molecule has 2 bridgehead atoms. The third-order valence-corrected chi connectivity index (χ3v) is 6.07. The molecule has 4 rings (SSSR count). The van der Waals surface area contributed by atoms with Crippen molar-refractivity contribution in [2.24, 2.45) is 17.8 Å². The Morgan fingerprint density at radius 1 is 1.35 bits per heavy atom. The van der Waals surface area contributed by atoms with E-state index in [1.165, 1.54) is 17.8 Å². The van der Waals surface area contributed by atoms with E-state index < -0.39 is 0 Å². The second kappa shape index (κ2) is 4.99. The van der Waals surface area contributed by atoms with Crippen molar-refractivity contribution in [1.82, 2.24) is 9.88 Å². The van der Waals surface area contributed by atoms with Crippen molar-refractivity contribution in [2.75, 3.05) is 13.1 Å². The number of allylic oxidation sites excluding steroid dienone is 2. The zero-order valence-electron chi connectivity index (χ0n) is 11.6. The molecule has 0 N–H and O–H groups in total. The molecule has 3 aliphatic rings. The predicted molar refractivity (Wildman–Crippen MR) is 79.5 cm³/mol. The van der Waals surface area contributed by atoms with Gasteiger partial charge in [-0.15, -0.1) is 11.3 Å². The maximum Gasteiger partial charge on any atom is 0.226 e. The molecule has 1 saturated heterocycles. The number of piperidine rings is 1. The number of aromatic nitrogens is 1. The van der Waals surface area contributed by atoms with E-state index in [2.05, 4.69) is 22.0 Å². The van der Waals surface area contributed by atoms with E-state index >= 15 is 0 Å². The Labute approximate surface area is 123 Å². The highest BCUT2D eigenvalue weighted by Gasteiger charge is 2.42. The molecule has 4 heteroatoms. The van der Waals surface area contributed by atoms with Crippen molar-refractivity contribution in [3.63, 3.8) is 0 Å². The Morgan fingerprint density at radius 2 is 2.30 bits per heavy atom. The molecule has 3 nitrogen and oxygen atoms in total. The van der Waals surface area contributed by atoms with Gasteiger partial charge in [0.1, 0.15) is 0 Å². The van der Waals surface area contributed by atoms with Gasteiger partial charge in [-0.25, -0.2) is 4.98 Å².